The molecule has 18 heavy (non-hydrogen) atoms. The predicted molar refractivity (Wildman–Crippen MR) is 71.5 cm³/mol. The molecule has 1 aliphatic carbocycles. The zero-order valence-corrected chi connectivity index (χ0v) is 11.6. The SMILES string of the molecule is CN1C2COCC1CC(O)(C1CCCCCC1)C2. The average molecular weight is 253 g/mol. The summed E-state index contributed by atoms with van der Waals surface area (Å²) in [4.78, 5) is 2.44. The monoisotopic (exact) mass is 253 g/mol. The molecule has 0 aromatic carbocycles. The van der Waals surface area contributed by atoms with Gasteiger partial charge in [-0.05, 0) is 38.6 Å². The lowest BCUT2D eigenvalue weighted by molar-refractivity contribution is -0.156. The van der Waals surface area contributed by atoms with Gasteiger partial charge in [-0.15, -0.1) is 0 Å². The normalized spacial score (nSPS) is 43.7. The summed E-state index contributed by atoms with van der Waals surface area (Å²) in [5.74, 6) is 0.539. The van der Waals surface area contributed by atoms with Gasteiger partial charge in [0.15, 0.2) is 0 Å². The third-order valence-corrected chi connectivity index (χ3v) is 5.57. The van der Waals surface area contributed by atoms with Gasteiger partial charge in [0.2, 0.25) is 0 Å². The van der Waals surface area contributed by atoms with Gasteiger partial charge in [-0.2, -0.15) is 0 Å². The summed E-state index contributed by atoms with van der Waals surface area (Å²) >= 11 is 0. The molecule has 2 atom stereocenters. The third kappa shape index (κ3) is 2.33. The number of ether oxygens (including phenoxy) is 1. The molecule has 0 aromatic heterocycles. The number of morpholine rings is 1. The van der Waals surface area contributed by atoms with E-state index in [1.165, 1.54) is 38.5 Å². The number of nitrogens with zero attached hydrogens (tertiary/aromatic N) is 1. The Kier molecular flexibility index (Phi) is 3.65. The molecule has 2 heterocycles. The Bertz CT molecular complexity index is 272. The second kappa shape index (κ2) is 5.10. The second-order valence-corrected chi connectivity index (χ2v) is 6.71. The standard InChI is InChI=1S/C15H27NO2/c1-16-13-8-15(17,9-14(16)11-18-10-13)12-6-4-2-3-5-7-12/h12-14,17H,2-11H2,1H3. The van der Waals surface area contributed by atoms with Gasteiger partial charge >= 0.3 is 0 Å². The minimum absolute atomic E-state index is 0.407. The molecule has 1 saturated carbocycles. The molecule has 3 heteroatoms. The van der Waals surface area contributed by atoms with Gasteiger partial charge in [-0.25, -0.2) is 0 Å². The van der Waals surface area contributed by atoms with Crippen LogP contribution in [-0.2, 0) is 4.74 Å². The molecule has 2 unspecified atom stereocenters. The van der Waals surface area contributed by atoms with Gasteiger partial charge in [0.1, 0.15) is 0 Å². The molecule has 3 fully saturated rings. The third-order valence-electron chi connectivity index (χ3n) is 5.57. The number of hydrogen-bond acceptors (Lipinski definition) is 3. The molecular weight excluding hydrogens is 226 g/mol. The highest BCUT2D eigenvalue weighted by Crippen LogP contribution is 2.42. The number of likely N-dealkylation sites (N-methyl/N-ethyl adjacent to an activating group) is 1. The van der Waals surface area contributed by atoms with Crippen LogP contribution in [0.5, 0.6) is 0 Å². The lowest BCUT2D eigenvalue weighted by Crippen LogP contribution is -2.62. The first kappa shape index (κ1) is 12.9. The van der Waals surface area contributed by atoms with Crippen LogP contribution in [0.15, 0.2) is 0 Å². The Morgan fingerprint density at radius 3 is 2.11 bits per heavy atom. The molecule has 0 radical (unpaired) electrons. The molecule has 3 nitrogen and oxygen atoms in total. The molecular formula is C15H27NO2. The molecule has 2 aliphatic heterocycles. The van der Waals surface area contributed by atoms with Crippen LogP contribution in [0.1, 0.15) is 51.4 Å². The largest absolute Gasteiger partial charge is 0.389 e. The number of fused-ring (bicyclic) bond motifs is 2. The molecule has 3 aliphatic rings. The van der Waals surface area contributed by atoms with Crippen molar-refractivity contribution in [1.29, 1.82) is 0 Å². The van der Waals surface area contributed by atoms with Crippen molar-refractivity contribution in [2.75, 3.05) is 20.3 Å². The molecule has 1 N–H and O–H groups in total. The molecule has 0 amide bonds. The van der Waals surface area contributed by atoms with Crippen molar-refractivity contribution in [3.05, 3.63) is 0 Å². The molecule has 0 aromatic rings. The summed E-state index contributed by atoms with van der Waals surface area (Å²) in [6.07, 6.45) is 9.67. The summed E-state index contributed by atoms with van der Waals surface area (Å²) in [5.41, 5.74) is -0.407. The van der Waals surface area contributed by atoms with Crippen LogP contribution in [-0.4, -0.2) is 48.0 Å². The topological polar surface area (TPSA) is 32.7 Å². The van der Waals surface area contributed by atoms with Crippen LogP contribution in [0.4, 0.5) is 0 Å². The highest BCUT2D eigenvalue weighted by atomic mass is 16.5. The maximum Gasteiger partial charge on any atom is 0.0707 e. The van der Waals surface area contributed by atoms with E-state index >= 15 is 0 Å². The predicted octanol–water partition coefficient (Wildman–Crippen LogP) is 2.18. The maximum absolute atomic E-state index is 11.2. The Labute approximate surface area is 110 Å². The van der Waals surface area contributed by atoms with E-state index in [1.807, 2.05) is 0 Å². The first-order chi connectivity index (χ1) is 8.69. The van der Waals surface area contributed by atoms with Crippen LogP contribution < -0.4 is 0 Å². The van der Waals surface area contributed by atoms with Crippen LogP contribution >= 0.6 is 0 Å². The molecule has 2 saturated heterocycles. The van der Waals surface area contributed by atoms with Gasteiger partial charge in [-0.1, -0.05) is 25.7 Å². The quantitative estimate of drug-likeness (QED) is 0.727. The van der Waals surface area contributed by atoms with Crippen LogP contribution in [0, 0.1) is 5.92 Å². The number of piperidine rings is 1. The lowest BCUT2D eigenvalue weighted by atomic mass is 9.71. The summed E-state index contributed by atoms with van der Waals surface area (Å²) in [7, 11) is 2.20. The second-order valence-electron chi connectivity index (χ2n) is 6.71. The van der Waals surface area contributed by atoms with E-state index in [-0.39, 0.29) is 0 Å². The van der Waals surface area contributed by atoms with Crippen LogP contribution in [0.3, 0.4) is 0 Å². The van der Waals surface area contributed by atoms with Crippen molar-refractivity contribution < 1.29 is 9.84 Å². The van der Waals surface area contributed by atoms with Gasteiger partial charge in [0.05, 0.1) is 18.8 Å². The van der Waals surface area contributed by atoms with Gasteiger partial charge in [0, 0.05) is 12.1 Å². The highest BCUT2D eigenvalue weighted by molar-refractivity contribution is 5.01. The number of rotatable bonds is 1. The van der Waals surface area contributed by atoms with Crippen molar-refractivity contribution in [3.8, 4) is 0 Å². The van der Waals surface area contributed by atoms with E-state index in [4.69, 9.17) is 4.74 Å². The Balaban J connectivity index is 1.73. The maximum atomic E-state index is 11.2. The van der Waals surface area contributed by atoms with Crippen molar-refractivity contribution >= 4 is 0 Å². The fourth-order valence-electron chi connectivity index (χ4n) is 4.33. The molecule has 3 rings (SSSR count). The van der Waals surface area contributed by atoms with E-state index in [1.54, 1.807) is 0 Å². The summed E-state index contributed by atoms with van der Waals surface area (Å²) in [6, 6.07) is 0.872. The molecule has 104 valence electrons. The van der Waals surface area contributed by atoms with Crippen LogP contribution in [0.2, 0.25) is 0 Å². The van der Waals surface area contributed by atoms with E-state index in [9.17, 15) is 5.11 Å². The number of aliphatic hydroxyl groups is 1. The smallest absolute Gasteiger partial charge is 0.0707 e. The first-order valence-electron chi connectivity index (χ1n) is 7.71. The van der Waals surface area contributed by atoms with Crippen LogP contribution in [0.25, 0.3) is 0 Å². The molecule has 0 spiro atoms. The minimum Gasteiger partial charge on any atom is -0.389 e. The van der Waals surface area contributed by atoms with E-state index in [0.717, 1.165) is 26.1 Å². The van der Waals surface area contributed by atoms with E-state index in [2.05, 4.69) is 11.9 Å². The van der Waals surface area contributed by atoms with E-state index in [0.29, 0.717) is 18.0 Å². The lowest BCUT2D eigenvalue weighted by Gasteiger charge is -2.52. The Hall–Kier alpha value is -0.120. The summed E-state index contributed by atoms with van der Waals surface area (Å²) in [5, 5.41) is 11.2. The fraction of sp³-hybridized carbons (Fsp3) is 1.00. The van der Waals surface area contributed by atoms with Crippen molar-refractivity contribution in [2.45, 2.75) is 69.1 Å². The number of hydrogen-bond donors (Lipinski definition) is 1. The van der Waals surface area contributed by atoms with Gasteiger partial charge < -0.3 is 9.84 Å². The molecule has 2 bridgehead atoms. The highest BCUT2D eigenvalue weighted by Gasteiger charge is 2.48. The van der Waals surface area contributed by atoms with Gasteiger partial charge in [-0.3, -0.25) is 4.90 Å². The van der Waals surface area contributed by atoms with Crippen molar-refractivity contribution in [3.63, 3.8) is 0 Å². The summed E-state index contributed by atoms with van der Waals surface area (Å²) < 4.78 is 5.66. The van der Waals surface area contributed by atoms with Gasteiger partial charge in [0.25, 0.3) is 0 Å². The van der Waals surface area contributed by atoms with Crippen molar-refractivity contribution in [2.24, 2.45) is 5.92 Å². The Morgan fingerprint density at radius 1 is 1.00 bits per heavy atom. The van der Waals surface area contributed by atoms with E-state index < -0.39 is 5.60 Å². The average Bonchev–Trinajstić information content (AvgIpc) is 2.60. The first-order valence-corrected chi connectivity index (χ1v) is 7.71. The Morgan fingerprint density at radius 2 is 1.56 bits per heavy atom. The zero-order chi connectivity index (χ0) is 12.6. The summed E-state index contributed by atoms with van der Waals surface area (Å²) in [6.45, 7) is 1.62. The fourth-order valence-corrected chi connectivity index (χ4v) is 4.33. The van der Waals surface area contributed by atoms with Crippen molar-refractivity contribution in [1.82, 2.24) is 4.90 Å². The minimum atomic E-state index is -0.407. The zero-order valence-electron chi connectivity index (χ0n) is 11.6.